The monoisotopic (exact) mass is 363 g/mol. The fourth-order valence-corrected chi connectivity index (χ4v) is 3.60. The Morgan fingerprint density at radius 1 is 1.23 bits per heavy atom. The maximum atomic E-state index is 12.7. The molecule has 5 heteroatoms. The molecule has 1 aliphatic carbocycles. The van der Waals surface area contributed by atoms with Gasteiger partial charge in [0.2, 0.25) is 0 Å². The predicted molar refractivity (Wildman–Crippen MR) is 91.2 cm³/mol. The summed E-state index contributed by atoms with van der Waals surface area (Å²) in [6, 6.07) is 4.16. The topological polar surface area (TPSA) is 46.4 Å². The van der Waals surface area contributed by atoms with Gasteiger partial charge in [-0.15, -0.1) is 0 Å². The third-order valence-corrected chi connectivity index (χ3v) is 4.88. The Balaban J connectivity index is 1.82. The van der Waals surface area contributed by atoms with Crippen LogP contribution in [0.5, 0.6) is 0 Å². The Morgan fingerprint density at radius 3 is 2.64 bits per heavy atom. The van der Waals surface area contributed by atoms with E-state index in [1.165, 1.54) is 32.1 Å². The first-order chi connectivity index (χ1) is 10.6. The van der Waals surface area contributed by atoms with E-state index in [0.29, 0.717) is 11.7 Å². The summed E-state index contributed by atoms with van der Waals surface area (Å²) in [4.78, 5) is 17.2. The van der Waals surface area contributed by atoms with Gasteiger partial charge in [0.25, 0.3) is 5.91 Å². The standard InChI is InChI=1S/C17H22BrN3O/c1-12-16(21-11-13(18)9-10-15(21)19-12)17(22)20-14-7-5-3-2-4-6-8-14/h9-11,14H,2-8H2,1H3,(H,20,22). The van der Waals surface area contributed by atoms with Crippen LogP contribution in [0.4, 0.5) is 0 Å². The number of amides is 1. The van der Waals surface area contributed by atoms with Crippen LogP contribution in [-0.4, -0.2) is 21.3 Å². The van der Waals surface area contributed by atoms with Crippen molar-refractivity contribution in [1.29, 1.82) is 0 Å². The average Bonchev–Trinajstić information content (AvgIpc) is 2.77. The second kappa shape index (κ2) is 6.82. The molecule has 2 aromatic heterocycles. The first-order valence-corrected chi connectivity index (χ1v) is 8.89. The molecule has 1 amide bonds. The number of rotatable bonds is 2. The number of imidazole rings is 1. The summed E-state index contributed by atoms with van der Waals surface area (Å²) < 4.78 is 2.81. The third-order valence-electron chi connectivity index (χ3n) is 4.41. The van der Waals surface area contributed by atoms with Gasteiger partial charge in [-0.2, -0.15) is 0 Å². The molecule has 0 spiro atoms. The number of hydrogen-bond donors (Lipinski definition) is 1. The number of carbonyl (C=O) groups is 1. The molecule has 118 valence electrons. The number of aryl methyl sites for hydroxylation is 1. The summed E-state index contributed by atoms with van der Waals surface area (Å²) in [5, 5.41) is 3.23. The SMILES string of the molecule is Cc1nc2ccc(Br)cn2c1C(=O)NC1CCCCCCC1. The van der Waals surface area contributed by atoms with Crippen molar-refractivity contribution in [2.75, 3.05) is 0 Å². The van der Waals surface area contributed by atoms with Crippen molar-refractivity contribution in [3.8, 4) is 0 Å². The van der Waals surface area contributed by atoms with E-state index in [2.05, 4.69) is 26.2 Å². The molecule has 1 saturated carbocycles. The molecular formula is C17H22BrN3O. The van der Waals surface area contributed by atoms with Crippen LogP contribution in [-0.2, 0) is 0 Å². The first-order valence-electron chi connectivity index (χ1n) is 8.10. The van der Waals surface area contributed by atoms with Crippen LogP contribution in [0.25, 0.3) is 5.65 Å². The van der Waals surface area contributed by atoms with Gasteiger partial charge in [-0.3, -0.25) is 9.20 Å². The number of hydrogen-bond acceptors (Lipinski definition) is 2. The Morgan fingerprint density at radius 2 is 1.91 bits per heavy atom. The lowest BCUT2D eigenvalue weighted by molar-refractivity contribution is 0.0924. The molecule has 0 saturated heterocycles. The maximum Gasteiger partial charge on any atom is 0.270 e. The number of fused-ring (bicyclic) bond motifs is 1. The number of nitrogens with zero attached hydrogens (tertiary/aromatic N) is 2. The highest BCUT2D eigenvalue weighted by atomic mass is 79.9. The third kappa shape index (κ3) is 3.35. The Bertz CT molecular complexity index is 672. The van der Waals surface area contributed by atoms with Gasteiger partial charge in [0.05, 0.1) is 5.69 Å². The zero-order chi connectivity index (χ0) is 15.5. The fraction of sp³-hybridized carbons (Fsp3) is 0.529. The molecule has 0 aromatic carbocycles. The van der Waals surface area contributed by atoms with Gasteiger partial charge in [-0.05, 0) is 47.8 Å². The van der Waals surface area contributed by atoms with Crippen molar-refractivity contribution in [1.82, 2.24) is 14.7 Å². The summed E-state index contributed by atoms with van der Waals surface area (Å²) in [6.07, 6.45) is 10.4. The van der Waals surface area contributed by atoms with Crippen molar-refractivity contribution in [3.05, 3.63) is 34.2 Å². The lowest BCUT2D eigenvalue weighted by atomic mass is 9.96. The second-order valence-electron chi connectivity index (χ2n) is 6.14. The number of aromatic nitrogens is 2. The van der Waals surface area contributed by atoms with Gasteiger partial charge in [-0.25, -0.2) is 4.98 Å². The molecule has 2 aromatic rings. The van der Waals surface area contributed by atoms with Gasteiger partial charge < -0.3 is 5.32 Å². The Hall–Kier alpha value is -1.36. The molecule has 0 radical (unpaired) electrons. The van der Waals surface area contributed by atoms with Crippen LogP contribution in [0.3, 0.4) is 0 Å². The summed E-state index contributed by atoms with van der Waals surface area (Å²) in [7, 11) is 0. The molecular weight excluding hydrogens is 342 g/mol. The Kier molecular flexibility index (Phi) is 4.81. The van der Waals surface area contributed by atoms with Gasteiger partial charge in [-0.1, -0.05) is 32.1 Å². The predicted octanol–water partition coefficient (Wildman–Crippen LogP) is 4.25. The summed E-state index contributed by atoms with van der Waals surface area (Å²) in [6.45, 7) is 1.90. The van der Waals surface area contributed by atoms with E-state index in [1.807, 2.05) is 29.7 Å². The van der Waals surface area contributed by atoms with Gasteiger partial charge in [0.1, 0.15) is 11.3 Å². The highest BCUT2D eigenvalue weighted by molar-refractivity contribution is 9.10. The van der Waals surface area contributed by atoms with Crippen molar-refractivity contribution < 1.29 is 4.79 Å². The summed E-state index contributed by atoms with van der Waals surface area (Å²) in [5.41, 5.74) is 2.24. The molecule has 3 rings (SSSR count). The lowest BCUT2D eigenvalue weighted by Gasteiger charge is -2.21. The second-order valence-corrected chi connectivity index (χ2v) is 7.05. The van der Waals surface area contributed by atoms with Crippen LogP contribution in [0, 0.1) is 6.92 Å². The smallest absolute Gasteiger partial charge is 0.270 e. The number of nitrogens with one attached hydrogen (secondary N) is 1. The molecule has 2 heterocycles. The highest BCUT2D eigenvalue weighted by Crippen LogP contribution is 2.19. The minimum Gasteiger partial charge on any atom is -0.348 e. The van der Waals surface area contributed by atoms with E-state index < -0.39 is 0 Å². The van der Waals surface area contributed by atoms with Gasteiger partial charge in [0.15, 0.2) is 0 Å². The lowest BCUT2D eigenvalue weighted by Crippen LogP contribution is -2.36. The van der Waals surface area contributed by atoms with Crippen molar-refractivity contribution in [3.63, 3.8) is 0 Å². The molecule has 0 atom stereocenters. The zero-order valence-corrected chi connectivity index (χ0v) is 14.5. The van der Waals surface area contributed by atoms with Gasteiger partial charge in [0, 0.05) is 16.7 Å². The Labute approximate surface area is 139 Å². The molecule has 0 unspecified atom stereocenters. The zero-order valence-electron chi connectivity index (χ0n) is 12.9. The van der Waals surface area contributed by atoms with Crippen LogP contribution in [0.15, 0.2) is 22.8 Å². The molecule has 1 N–H and O–H groups in total. The molecule has 22 heavy (non-hydrogen) atoms. The van der Waals surface area contributed by atoms with Gasteiger partial charge >= 0.3 is 0 Å². The largest absolute Gasteiger partial charge is 0.348 e. The van der Waals surface area contributed by atoms with Crippen LogP contribution in [0.2, 0.25) is 0 Å². The highest BCUT2D eigenvalue weighted by Gasteiger charge is 2.20. The van der Waals surface area contributed by atoms with Crippen LogP contribution in [0.1, 0.15) is 61.1 Å². The van der Waals surface area contributed by atoms with Crippen molar-refractivity contribution >= 4 is 27.5 Å². The van der Waals surface area contributed by atoms with Crippen molar-refractivity contribution in [2.45, 2.75) is 57.9 Å². The molecule has 1 aliphatic rings. The normalized spacial score (nSPS) is 17.2. The van der Waals surface area contributed by atoms with Crippen LogP contribution < -0.4 is 5.32 Å². The molecule has 0 bridgehead atoms. The quantitative estimate of drug-likeness (QED) is 0.866. The van der Waals surface area contributed by atoms with Crippen molar-refractivity contribution in [2.24, 2.45) is 0 Å². The number of halogens is 1. The summed E-state index contributed by atoms with van der Waals surface area (Å²) in [5.74, 6) is -0.00586. The van der Waals surface area contributed by atoms with E-state index in [9.17, 15) is 4.79 Å². The maximum absolute atomic E-state index is 12.7. The van der Waals surface area contributed by atoms with E-state index in [4.69, 9.17) is 0 Å². The average molecular weight is 364 g/mol. The fourth-order valence-electron chi connectivity index (χ4n) is 3.26. The van der Waals surface area contributed by atoms with Crippen LogP contribution >= 0.6 is 15.9 Å². The van der Waals surface area contributed by atoms with E-state index in [1.54, 1.807) is 0 Å². The summed E-state index contributed by atoms with van der Waals surface area (Å²) >= 11 is 3.46. The minimum atomic E-state index is -0.00586. The number of pyridine rings is 1. The molecule has 4 nitrogen and oxygen atoms in total. The first kappa shape index (κ1) is 15.5. The number of carbonyl (C=O) groups excluding carboxylic acids is 1. The van der Waals surface area contributed by atoms with E-state index in [-0.39, 0.29) is 5.91 Å². The molecule has 1 fully saturated rings. The van der Waals surface area contributed by atoms with E-state index in [0.717, 1.165) is 28.7 Å². The minimum absolute atomic E-state index is 0.00586. The van der Waals surface area contributed by atoms with E-state index >= 15 is 0 Å². The molecule has 0 aliphatic heterocycles.